The van der Waals surface area contributed by atoms with Crippen LogP contribution in [0.25, 0.3) is 0 Å². The van der Waals surface area contributed by atoms with Crippen LogP contribution in [0.4, 0.5) is 24.0 Å². The van der Waals surface area contributed by atoms with Gasteiger partial charge < -0.3 is 5.32 Å². The number of amides is 2. The summed E-state index contributed by atoms with van der Waals surface area (Å²) in [5.41, 5.74) is 0.559. The lowest BCUT2D eigenvalue weighted by Crippen LogP contribution is -2.13. The van der Waals surface area contributed by atoms with Crippen molar-refractivity contribution in [1.82, 2.24) is 10.2 Å². The molecule has 0 atom stereocenters. The van der Waals surface area contributed by atoms with E-state index < -0.39 is 17.1 Å². The van der Waals surface area contributed by atoms with Gasteiger partial charge in [0.1, 0.15) is 0 Å². The summed E-state index contributed by atoms with van der Waals surface area (Å²) in [7, 11) is 0. The van der Waals surface area contributed by atoms with E-state index in [-0.39, 0.29) is 27.9 Å². The molecule has 10 heteroatoms. The lowest BCUT2D eigenvalue weighted by Gasteiger charge is -2.05. The summed E-state index contributed by atoms with van der Waals surface area (Å²) >= 11 is 0.229. The Morgan fingerprint density at radius 2 is 1.91 bits per heavy atom. The molecule has 2 amide bonds. The largest absolute Gasteiger partial charge is 0.445 e. The van der Waals surface area contributed by atoms with Crippen molar-refractivity contribution in [3.05, 3.63) is 34.8 Å². The zero-order chi connectivity index (χ0) is 16.3. The molecule has 0 radical (unpaired) electrons. The van der Waals surface area contributed by atoms with E-state index in [2.05, 4.69) is 20.8 Å². The number of anilines is 2. The lowest BCUT2D eigenvalue weighted by atomic mass is 10.2. The molecule has 2 N–H and O–H groups in total. The van der Waals surface area contributed by atoms with Crippen LogP contribution >= 0.6 is 11.3 Å². The Balaban J connectivity index is 2.12. The number of halogens is 3. The molecule has 0 saturated carbocycles. The van der Waals surface area contributed by atoms with Gasteiger partial charge in [0.15, 0.2) is 0 Å². The minimum Gasteiger partial charge on any atom is -0.326 e. The number of alkyl halides is 3. The van der Waals surface area contributed by atoms with Gasteiger partial charge in [0.2, 0.25) is 16.0 Å². The highest BCUT2D eigenvalue weighted by molar-refractivity contribution is 7.15. The molecule has 0 unspecified atom stereocenters. The third-order valence-corrected chi connectivity index (χ3v) is 3.22. The molecule has 1 heterocycles. The first-order valence-electron chi connectivity index (χ1n) is 5.85. The smallest absolute Gasteiger partial charge is 0.326 e. The number of hydrogen-bond acceptors (Lipinski definition) is 5. The molecule has 6 nitrogen and oxygen atoms in total. The third-order valence-electron chi connectivity index (χ3n) is 2.33. The van der Waals surface area contributed by atoms with Crippen LogP contribution in [0.2, 0.25) is 0 Å². The summed E-state index contributed by atoms with van der Waals surface area (Å²) in [5, 5.41) is 9.54. The zero-order valence-electron chi connectivity index (χ0n) is 11.1. The van der Waals surface area contributed by atoms with Crippen LogP contribution in [-0.2, 0) is 11.0 Å². The van der Waals surface area contributed by atoms with Crippen LogP contribution in [-0.4, -0.2) is 22.0 Å². The van der Waals surface area contributed by atoms with Gasteiger partial charge in [-0.1, -0.05) is 17.4 Å². The number of carbonyl (C=O) groups excluding carboxylic acids is 2. The molecular formula is C12H9F3N4O2S. The van der Waals surface area contributed by atoms with E-state index in [1.54, 1.807) is 6.07 Å². The molecule has 1 aromatic heterocycles. The van der Waals surface area contributed by atoms with E-state index in [9.17, 15) is 22.8 Å². The molecular weight excluding hydrogens is 321 g/mol. The van der Waals surface area contributed by atoms with Crippen LogP contribution in [0.1, 0.15) is 22.3 Å². The number of hydrogen-bond donors (Lipinski definition) is 2. The summed E-state index contributed by atoms with van der Waals surface area (Å²) in [6, 6.07) is 5.95. The molecule has 116 valence electrons. The Labute approximate surface area is 126 Å². The van der Waals surface area contributed by atoms with Gasteiger partial charge in [0.05, 0.1) is 0 Å². The minimum absolute atomic E-state index is 0.162. The highest BCUT2D eigenvalue weighted by atomic mass is 32.1. The number of rotatable bonds is 3. The molecule has 0 aliphatic carbocycles. The maximum absolute atomic E-state index is 12.4. The summed E-state index contributed by atoms with van der Waals surface area (Å²) in [6.07, 6.45) is -4.61. The number of nitrogens with one attached hydrogen (secondary N) is 2. The Morgan fingerprint density at radius 1 is 1.18 bits per heavy atom. The Hall–Kier alpha value is -2.49. The molecule has 0 saturated heterocycles. The first-order valence-corrected chi connectivity index (χ1v) is 6.67. The fraction of sp³-hybridized carbons (Fsp3) is 0.167. The third kappa shape index (κ3) is 4.01. The number of carbonyl (C=O) groups is 2. The Morgan fingerprint density at radius 3 is 2.50 bits per heavy atom. The molecule has 2 aromatic rings. The highest BCUT2D eigenvalue weighted by Crippen LogP contribution is 2.33. The van der Waals surface area contributed by atoms with E-state index in [1.807, 2.05) is 0 Å². The van der Waals surface area contributed by atoms with Gasteiger partial charge in [-0.3, -0.25) is 14.9 Å². The Kier molecular flexibility index (Phi) is 4.40. The van der Waals surface area contributed by atoms with Gasteiger partial charge in [-0.05, 0) is 18.2 Å². The van der Waals surface area contributed by atoms with Gasteiger partial charge >= 0.3 is 6.18 Å². The maximum Gasteiger partial charge on any atom is 0.445 e. The fourth-order valence-corrected chi connectivity index (χ4v) is 2.10. The van der Waals surface area contributed by atoms with Crippen molar-refractivity contribution in [1.29, 1.82) is 0 Å². The van der Waals surface area contributed by atoms with Crippen LogP contribution in [0.5, 0.6) is 0 Å². The van der Waals surface area contributed by atoms with Crippen LogP contribution in [0, 0.1) is 0 Å². The summed E-state index contributed by atoms with van der Waals surface area (Å²) in [6.45, 7) is 1.31. The normalized spacial score (nSPS) is 11.1. The van der Waals surface area contributed by atoms with Crippen LogP contribution in [0.3, 0.4) is 0 Å². The average molecular weight is 330 g/mol. The maximum atomic E-state index is 12.4. The molecule has 0 spiro atoms. The molecule has 0 aliphatic heterocycles. The fourth-order valence-electron chi connectivity index (χ4n) is 1.50. The molecule has 0 aliphatic rings. The van der Waals surface area contributed by atoms with Crippen molar-refractivity contribution in [2.24, 2.45) is 0 Å². The van der Waals surface area contributed by atoms with Crippen molar-refractivity contribution in [3.63, 3.8) is 0 Å². The minimum atomic E-state index is -4.61. The number of nitrogens with zero attached hydrogens (tertiary/aromatic N) is 2. The first-order chi connectivity index (χ1) is 10.3. The molecule has 0 fully saturated rings. The topological polar surface area (TPSA) is 84.0 Å². The average Bonchev–Trinajstić information content (AvgIpc) is 2.86. The van der Waals surface area contributed by atoms with E-state index in [0.717, 1.165) is 0 Å². The SMILES string of the molecule is CC(=O)Nc1cccc(C(=O)Nc2nnc(C(F)(F)F)s2)c1. The lowest BCUT2D eigenvalue weighted by molar-refractivity contribution is -0.138. The van der Waals surface area contributed by atoms with Crippen molar-refractivity contribution in [2.45, 2.75) is 13.1 Å². The summed E-state index contributed by atoms with van der Waals surface area (Å²) in [5.74, 6) is -0.964. The van der Waals surface area contributed by atoms with E-state index in [4.69, 9.17) is 0 Å². The monoisotopic (exact) mass is 330 g/mol. The predicted molar refractivity (Wildman–Crippen MR) is 73.6 cm³/mol. The van der Waals surface area contributed by atoms with Gasteiger partial charge in [0, 0.05) is 18.2 Å². The molecule has 2 rings (SSSR count). The molecule has 1 aromatic carbocycles. The van der Waals surface area contributed by atoms with Crippen molar-refractivity contribution < 1.29 is 22.8 Å². The van der Waals surface area contributed by atoms with E-state index in [1.165, 1.54) is 25.1 Å². The van der Waals surface area contributed by atoms with Gasteiger partial charge in [0.25, 0.3) is 5.91 Å². The van der Waals surface area contributed by atoms with Crippen molar-refractivity contribution in [2.75, 3.05) is 10.6 Å². The second-order valence-electron chi connectivity index (χ2n) is 4.13. The number of aromatic nitrogens is 2. The molecule has 0 bridgehead atoms. The van der Waals surface area contributed by atoms with Crippen molar-refractivity contribution in [3.8, 4) is 0 Å². The second-order valence-corrected chi connectivity index (χ2v) is 5.10. The Bertz CT molecular complexity index is 714. The summed E-state index contributed by atoms with van der Waals surface area (Å²) in [4.78, 5) is 22.9. The van der Waals surface area contributed by atoms with Crippen LogP contribution < -0.4 is 10.6 Å². The van der Waals surface area contributed by atoms with E-state index >= 15 is 0 Å². The van der Waals surface area contributed by atoms with Crippen molar-refractivity contribution >= 4 is 34.0 Å². The summed E-state index contributed by atoms with van der Waals surface area (Å²) < 4.78 is 37.2. The predicted octanol–water partition coefficient (Wildman–Crippen LogP) is 2.77. The molecule has 22 heavy (non-hydrogen) atoms. The zero-order valence-corrected chi connectivity index (χ0v) is 11.9. The van der Waals surface area contributed by atoms with Gasteiger partial charge in [-0.2, -0.15) is 13.2 Å². The van der Waals surface area contributed by atoms with Gasteiger partial charge in [-0.25, -0.2) is 0 Å². The van der Waals surface area contributed by atoms with E-state index in [0.29, 0.717) is 5.69 Å². The standard InChI is InChI=1S/C12H9F3N4O2S/c1-6(20)16-8-4-2-3-7(5-8)9(21)17-11-19-18-10(22-11)12(13,14)15/h2-5H,1H3,(H,16,20)(H,17,19,21). The van der Waals surface area contributed by atoms with Crippen LogP contribution in [0.15, 0.2) is 24.3 Å². The quantitative estimate of drug-likeness (QED) is 0.906. The first kappa shape index (κ1) is 15.9. The number of benzene rings is 1. The van der Waals surface area contributed by atoms with Gasteiger partial charge in [-0.15, -0.1) is 10.2 Å². The second kappa shape index (κ2) is 6.10. The highest BCUT2D eigenvalue weighted by Gasteiger charge is 2.35.